The summed E-state index contributed by atoms with van der Waals surface area (Å²) in [6, 6.07) is 10.3. The third kappa shape index (κ3) is 8.04. The van der Waals surface area contributed by atoms with E-state index >= 15 is 0 Å². The molecule has 0 heterocycles. The minimum atomic E-state index is 0.202. The van der Waals surface area contributed by atoms with E-state index in [1.807, 2.05) is 18.2 Å². The Labute approximate surface area is 111 Å². The average molecular weight is 247 g/mol. The molecular formula is C16H25NO. The van der Waals surface area contributed by atoms with Crippen molar-refractivity contribution in [1.82, 2.24) is 5.32 Å². The molecule has 0 aromatic heterocycles. The predicted molar refractivity (Wildman–Crippen MR) is 78.7 cm³/mol. The third-order valence-electron chi connectivity index (χ3n) is 2.44. The lowest BCUT2D eigenvalue weighted by Gasteiger charge is -2.20. The van der Waals surface area contributed by atoms with Crippen LogP contribution in [0, 0.1) is 0 Å². The van der Waals surface area contributed by atoms with Crippen LogP contribution in [0.3, 0.4) is 0 Å². The third-order valence-corrected chi connectivity index (χ3v) is 2.44. The molecule has 0 aliphatic heterocycles. The van der Waals surface area contributed by atoms with Gasteiger partial charge in [-0.15, -0.1) is 0 Å². The topological polar surface area (TPSA) is 21.3 Å². The van der Waals surface area contributed by atoms with Crippen LogP contribution < -0.4 is 5.32 Å². The molecule has 2 heteroatoms. The minimum Gasteiger partial charge on any atom is -0.377 e. The Morgan fingerprint density at radius 2 is 1.89 bits per heavy atom. The van der Waals surface area contributed by atoms with Gasteiger partial charge in [-0.3, -0.25) is 0 Å². The normalized spacial score (nSPS) is 12.2. The molecule has 0 spiro atoms. The van der Waals surface area contributed by atoms with Gasteiger partial charge in [0.1, 0.15) is 0 Å². The molecule has 0 amide bonds. The molecule has 0 saturated carbocycles. The highest BCUT2D eigenvalue weighted by molar-refractivity contribution is 5.48. The fraction of sp³-hybridized carbons (Fsp3) is 0.500. The van der Waals surface area contributed by atoms with Gasteiger partial charge in [0.15, 0.2) is 0 Å². The van der Waals surface area contributed by atoms with Crippen molar-refractivity contribution >= 4 is 6.08 Å². The van der Waals surface area contributed by atoms with Crippen molar-refractivity contribution < 1.29 is 4.74 Å². The van der Waals surface area contributed by atoms with E-state index in [4.69, 9.17) is 4.74 Å². The second-order valence-corrected chi connectivity index (χ2v) is 5.42. The average Bonchev–Trinajstić information content (AvgIpc) is 2.32. The molecule has 1 rings (SSSR count). The number of nitrogens with one attached hydrogen (secondary N) is 1. The fourth-order valence-corrected chi connectivity index (χ4v) is 1.54. The van der Waals surface area contributed by atoms with E-state index in [-0.39, 0.29) is 5.54 Å². The molecule has 0 unspecified atom stereocenters. The standard InChI is InChI=1S/C16H25NO/c1-16(2,3)17-12-8-14-18-13-7-11-15-9-5-4-6-10-15/h4-7,9-11,17H,8,12-14H2,1-3H3. The van der Waals surface area contributed by atoms with E-state index in [1.54, 1.807) is 0 Å². The smallest absolute Gasteiger partial charge is 0.0650 e. The highest BCUT2D eigenvalue weighted by atomic mass is 16.5. The monoisotopic (exact) mass is 247 g/mol. The van der Waals surface area contributed by atoms with Crippen molar-refractivity contribution in [3.8, 4) is 0 Å². The van der Waals surface area contributed by atoms with E-state index in [0.29, 0.717) is 6.61 Å². The molecule has 100 valence electrons. The summed E-state index contributed by atoms with van der Waals surface area (Å²) in [6.45, 7) is 9.03. The molecular weight excluding hydrogens is 222 g/mol. The lowest BCUT2D eigenvalue weighted by Crippen LogP contribution is -2.36. The zero-order valence-electron chi connectivity index (χ0n) is 11.8. The van der Waals surface area contributed by atoms with Crippen molar-refractivity contribution in [3.05, 3.63) is 42.0 Å². The van der Waals surface area contributed by atoms with Crippen LogP contribution in [0.4, 0.5) is 0 Å². The summed E-state index contributed by atoms with van der Waals surface area (Å²) >= 11 is 0. The van der Waals surface area contributed by atoms with E-state index in [0.717, 1.165) is 19.6 Å². The summed E-state index contributed by atoms with van der Waals surface area (Å²) in [4.78, 5) is 0. The van der Waals surface area contributed by atoms with Crippen molar-refractivity contribution in [2.45, 2.75) is 32.7 Å². The first-order valence-corrected chi connectivity index (χ1v) is 6.62. The first kappa shape index (κ1) is 14.9. The highest BCUT2D eigenvalue weighted by Crippen LogP contribution is 2.01. The lowest BCUT2D eigenvalue weighted by atomic mass is 10.1. The molecule has 1 aromatic carbocycles. The van der Waals surface area contributed by atoms with Crippen molar-refractivity contribution in [1.29, 1.82) is 0 Å². The molecule has 0 atom stereocenters. The van der Waals surface area contributed by atoms with Gasteiger partial charge in [0.25, 0.3) is 0 Å². The maximum absolute atomic E-state index is 5.54. The number of benzene rings is 1. The molecule has 0 aliphatic carbocycles. The number of ether oxygens (including phenoxy) is 1. The van der Waals surface area contributed by atoms with Crippen LogP contribution in [0.5, 0.6) is 0 Å². The van der Waals surface area contributed by atoms with Gasteiger partial charge in [0.05, 0.1) is 6.61 Å². The Balaban J connectivity index is 2.01. The van der Waals surface area contributed by atoms with Crippen LogP contribution in [0.2, 0.25) is 0 Å². The maximum Gasteiger partial charge on any atom is 0.0650 e. The van der Waals surface area contributed by atoms with Gasteiger partial charge in [-0.1, -0.05) is 42.5 Å². The summed E-state index contributed by atoms with van der Waals surface area (Å²) in [5, 5.41) is 3.44. The Bertz CT molecular complexity index is 338. The second kappa shape index (κ2) is 8.06. The van der Waals surface area contributed by atoms with Crippen LogP contribution in [-0.2, 0) is 4.74 Å². The number of hydrogen-bond acceptors (Lipinski definition) is 2. The molecule has 0 saturated heterocycles. The summed E-state index contributed by atoms with van der Waals surface area (Å²) in [7, 11) is 0. The molecule has 1 aromatic rings. The van der Waals surface area contributed by atoms with E-state index < -0.39 is 0 Å². The Morgan fingerprint density at radius 3 is 2.56 bits per heavy atom. The maximum atomic E-state index is 5.54. The highest BCUT2D eigenvalue weighted by Gasteiger charge is 2.06. The summed E-state index contributed by atoms with van der Waals surface area (Å²) in [5.74, 6) is 0. The Morgan fingerprint density at radius 1 is 1.17 bits per heavy atom. The first-order valence-electron chi connectivity index (χ1n) is 6.62. The quantitative estimate of drug-likeness (QED) is 0.745. The predicted octanol–water partition coefficient (Wildman–Crippen LogP) is 3.49. The SMILES string of the molecule is CC(C)(C)NCCCOCC=Cc1ccccc1. The van der Waals surface area contributed by atoms with Crippen LogP contribution >= 0.6 is 0 Å². The Kier molecular flexibility index (Phi) is 6.69. The molecule has 0 fully saturated rings. The van der Waals surface area contributed by atoms with Gasteiger partial charge in [-0.25, -0.2) is 0 Å². The summed E-state index contributed by atoms with van der Waals surface area (Å²) < 4.78 is 5.54. The van der Waals surface area contributed by atoms with Crippen molar-refractivity contribution in [2.75, 3.05) is 19.8 Å². The van der Waals surface area contributed by atoms with Gasteiger partial charge < -0.3 is 10.1 Å². The Hall–Kier alpha value is -1.12. The van der Waals surface area contributed by atoms with E-state index in [1.165, 1.54) is 5.56 Å². The van der Waals surface area contributed by atoms with Crippen LogP contribution in [0.15, 0.2) is 36.4 Å². The van der Waals surface area contributed by atoms with Crippen molar-refractivity contribution in [3.63, 3.8) is 0 Å². The number of hydrogen-bond donors (Lipinski definition) is 1. The molecule has 0 bridgehead atoms. The van der Waals surface area contributed by atoms with E-state index in [9.17, 15) is 0 Å². The minimum absolute atomic E-state index is 0.202. The lowest BCUT2D eigenvalue weighted by molar-refractivity contribution is 0.157. The summed E-state index contributed by atoms with van der Waals surface area (Å²) in [5.41, 5.74) is 1.42. The molecule has 18 heavy (non-hydrogen) atoms. The zero-order chi connectivity index (χ0) is 13.3. The molecule has 1 N–H and O–H groups in total. The summed E-state index contributed by atoms with van der Waals surface area (Å²) in [6.07, 6.45) is 5.20. The van der Waals surface area contributed by atoms with Crippen LogP contribution in [-0.4, -0.2) is 25.3 Å². The van der Waals surface area contributed by atoms with Crippen molar-refractivity contribution in [2.24, 2.45) is 0 Å². The molecule has 0 radical (unpaired) electrons. The van der Waals surface area contributed by atoms with Crippen LogP contribution in [0.1, 0.15) is 32.8 Å². The van der Waals surface area contributed by atoms with Gasteiger partial charge in [0.2, 0.25) is 0 Å². The zero-order valence-corrected chi connectivity index (χ0v) is 11.8. The number of rotatable bonds is 7. The largest absolute Gasteiger partial charge is 0.377 e. The van der Waals surface area contributed by atoms with Crippen LogP contribution in [0.25, 0.3) is 6.08 Å². The van der Waals surface area contributed by atoms with Gasteiger partial charge in [0, 0.05) is 12.1 Å². The van der Waals surface area contributed by atoms with Gasteiger partial charge in [-0.2, -0.15) is 0 Å². The molecule has 0 aliphatic rings. The second-order valence-electron chi connectivity index (χ2n) is 5.42. The first-order chi connectivity index (χ1) is 8.58. The van der Waals surface area contributed by atoms with Gasteiger partial charge in [-0.05, 0) is 39.3 Å². The van der Waals surface area contributed by atoms with Gasteiger partial charge >= 0.3 is 0 Å². The molecule has 2 nitrogen and oxygen atoms in total. The van der Waals surface area contributed by atoms with E-state index in [2.05, 4.69) is 50.4 Å². The fourth-order valence-electron chi connectivity index (χ4n) is 1.54.